The molecule has 1 saturated heterocycles. The average molecular weight is 486 g/mol. The van der Waals surface area contributed by atoms with Gasteiger partial charge in [0.15, 0.2) is 11.7 Å². The quantitative estimate of drug-likeness (QED) is 0.524. The summed E-state index contributed by atoms with van der Waals surface area (Å²) >= 11 is 1.31. The maximum atomic E-state index is 12.9. The van der Waals surface area contributed by atoms with Gasteiger partial charge in [-0.05, 0) is 44.0 Å². The fourth-order valence-electron chi connectivity index (χ4n) is 3.63. The first-order valence-corrected chi connectivity index (χ1v) is 13.3. The first-order chi connectivity index (χ1) is 15.9. The molecule has 0 unspecified atom stereocenters. The number of carbonyl (C=O) groups is 1. The van der Waals surface area contributed by atoms with Gasteiger partial charge in [0.25, 0.3) is 5.91 Å². The summed E-state index contributed by atoms with van der Waals surface area (Å²) in [6.07, 6.45) is 3.96. The normalized spacial score (nSPS) is 15.1. The minimum Gasteiger partial charge on any atom is -0.484 e. The van der Waals surface area contributed by atoms with Crippen molar-refractivity contribution in [2.75, 3.05) is 25.0 Å². The summed E-state index contributed by atoms with van der Waals surface area (Å²) in [5.41, 5.74) is 2.58. The molecule has 4 rings (SSSR count). The average Bonchev–Trinajstić information content (AvgIpc) is 3.09. The Hall–Kier alpha value is -2.75. The molecule has 1 aliphatic heterocycles. The lowest BCUT2D eigenvalue weighted by Gasteiger charge is -2.19. The number of carbonyl (C=O) groups excluding carboxylic acids is 1. The second kappa shape index (κ2) is 10.5. The number of hydrogen-bond acceptors (Lipinski definition) is 6. The number of nitrogens with one attached hydrogen (secondary N) is 1. The Morgan fingerprint density at radius 1 is 1.03 bits per heavy atom. The second-order valence-electron chi connectivity index (χ2n) is 8.03. The molecule has 0 atom stereocenters. The molecule has 2 heterocycles. The number of benzene rings is 2. The standard InChI is InChI=1S/C24H27N3O4S2/c1-18-6-10-20(11-7-18)31-16-23(28)26-24-25-22(17-32-24)19-8-12-21(13-9-19)33(29,30)27-14-4-2-3-5-15-27/h6-13,17H,2-5,14-16H2,1H3,(H,25,26,28). The molecule has 1 aliphatic rings. The molecule has 0 bridgehead atoms. The van der Waals surface area contributed by atoms with Gasteiger partial charge in [-0.2, -0.15) is 4.31 Å². The Labute approximate surface area is 198 Å². The first kappa shape index (κ1) is 23.4. The minimum atomic E-state index is -3.48. The summed E-state index contributed by atoms with van der Waals surface area (Å²) in [4.78, 5) is 16.9. The molecule has 1 amide bonds. The van der Waals surface area contributed by atoms with Crippen LogP contribution in [0.4, 0.5) is 5.13 Å². The van der Waals surface area contributed by atoms with Crippen LogP contribution in [0.5, 0.6) is 5.75 Å². The van der Waals surface area contributed by atoms with Gasteiger partial charge >= 0.3 is 0 Å². The Morgan fingerprint density at radius 3 is 2.36 bits per heavy atom. The van der Waals surface area contributed by atoms with Gasteiger partial charge in [0.1, 0.15) is 5.75 Å². The van der Waals surface area contributed by atoms with Gasteiger partial charge < -0.3 is 4.74 Å². The van der Waals surface area contributed by atoms with Crippen molar-refractivity contribution in [3.8, 4) is 17.0 Å². The zero-order valence-electron chi connectivity index (χ0n) is 18.5. The lowest BCUT2D eigenvalue weighted by molar-refractivity contribution is -0.118. The van der Waals surface area contributed by atoms with E-state index in [4.69, 9.17) is 4.74 Å². The number of thiazole rings is 1. The minimum absolute atomic E-state index is 0.110. The fraction of sp³-hybridized carbons (Fsp3) is 0.333. The van der Waals surface area contributed by atoms with E-state index >= 15 is 0 Å². The maximum Gasteiger partial charge on any atom is 0.264 e. The number of rotatable bonds is 7. The van der Waals surface area contributed by atoms with Gasteiger partial charge in [-0.25, -0.2) is 13.4 Å². The molecule has 0 spiro atoms. The Kier molecular flexibility index (Phi) is 7.42. The van der Waals surface area contributed by atoms with E-state index in [9.17, 15) is 13.2 Å². The van der Waals surface area contributed by atoms with Crippen LogP contribution in [0, 0.1) is 6.92 Å². The molecule has 1 aromatic heterocycles. The summed E-state index contributed by atoms with van der Waals surface area (Å²) in [5.74, 6) is 0.334. The molecule has 3 aromatic rings. The second-order valence-corrected chi connectivity index (χ2v) is 10.8. The molecule has 2 aromatic carbocycles. The molecule has 0 aliphatic carbocycles. The van der Waals surface area contributed by atoms with Crippen molar-refractivity contribution in [1.82, 2.24) is 9.29 Å². The molecule has 1 N–H and O–H groups in total. The highest BCUT2D eigenvalue weighted by atomic mass is 32.2. The van der Waals surface area contributed by atoms with Crippen LogP contribution in [0.2, 0.25) is 0 Å². The number of anilines is 1. The van der Waals surface area contributed by atoms with Crippen LogP contribution in [0.15, 0.2) is 58.8 Å². The van der Waals surface area contributed by atoms with Gasteiger partial charge in [-0.15, -0.1) is 11.3 Å². The lowest BCUT2D eigenvalue weighted by Crippen LogP contribution is -2.31. The molecule has 0 radical (unpaired) electrons. The van der Waals surface area contributed by atoms with E-state index in [1.54, 1.807) is 28.6 Å². The number of amides is 1. The molecule has 174 valence electrons. The molecule has 7 nitrogen and oxygen atoms in total. The predicted molar refractivity (Wildman–Crippen MR) is 130 cm³/mol. The highest BCUT2D eigenvalue weighted by Gasteiger charge is 2.25. The molecular weight excluding hydrogens is 458 g/mol. The SMILES string of the molecule is Cc1ccc(OCC(=O)Nc2nc(-c3ccc(S(=O)(=O)N4CCCCCC4)cc3)cs2)cc1. The van der Waals surface area contributed by atoms with E-state index in [1.165, 1.54) is 11.3 Å². The topological polar surface area (TPSA) is 88.6 Å². The van der Waals surface area contributed by atoms with Gasteiger partial charge in [-0.3, -0.25) is 10.1 Å². The Balaban J connectivity index is 1.36. The summed E-state index contributed by atoms with van der Waals surface area (Å²) in [6, 6.07) is 14.3. The van der Waals surface area contributed by atoms with E-state index in [2.05, 4.69) is 10.3 Å². The van der Waals surface area contributed by atoms with E-state index in [1.807, 2.05) is 36.6 Å². The van der Waals surface area contributed by atoms with Crippen molar-refractivity contribution < 1.29 is 17.9 Å². The number of aromatic nitrogens is 1. The third-order valence-corrected chi connectivity index (χ3v) is 8.16. The van der Waals surface area contributed by atoms with Crippen molar-refractivity contribution in [1.29, 1.82) is 0 Å². The maximum absolute atomic E-state index is 12.9. The first-order valence-electron chi connectivity index (χ1n) is 11.0. The van der Waals surface area contributed by atoms with Crippen LogP contribution in [0.3, 0.4) is 0 Å². The zero-order chi connectivity index (χ0) is 23.3. The number of hydrogen-bond donors (Lipinski definition) is 1. The van der Waals surface area contributed by atoms with Gasteiger partial charge in [0.2, 0.25) is 10.0 Å². The van der Waals surface area contributed by atoms with Crippen LogP contribution in [0.25, 0.3) is 11.3 Å². The van der Waals surface area contributed by atoms with E-state index in [0.717, 1.165) is 36.8 Å². The number of ether oxygens (including phenoxy) is 1. The lowest BCUT2D eigenvalue weighted by atomic mass is 10.2. The molecule has 0 saturated carbocycles. The number of nitrogens with zero attached hydrogens (tertiary/aromatic N) is 2. The van der Waals surface area contributed by atoms with Crippen LogP contribution in [-0.4, -0.2) is 43.3 Å². The summed E-state index contributed by atoms with van der Waals surface area (Å²) in [7, 11) is -3.48. The molecular formula is C24H27N3O4S2. The van der Waals surface area contributed by atoms with Crippen molar-refractivity contribution in [2.24, 2.45) is 0 Å². The van der Waals surface area contributed by atoms with Gasteiger partial charge in [0, 0.05) is 24.0 Å². The zero-order valence-corrected chi connectivity index (χ0v) is 20.1. The number of sulfonamides is 1. The van der Waals surface area contributed by atoms with E-state index in [0.29, 0.717) is 34.6 Å². The largest absolute Gasteiger partial charge is 0.484 e. The van der Waals surface area contributed by atoms with Crippen LogP contribution in [-0.2, 0) is 14.8 Å². The highest BCUT2D eigenvalue weighted by Crippen LogP contribution is 2.27. The monoisotopic (exact) mass is 485 g/mol. The Bertz CT molecular complexity index is 1180. The predicted octanol–water partition coefficient (Wildman–Crippen LogP) is 4.70. The number of aryl methyl sites for hydroxylation is 1. The summed E-state index contributed by atoms with van der Waals surface area (Å²) < 4.78 is 33.0. The van der Waals surface area contributed by atoms with Crippen LogP contribution in [0.1, 0.15) is 31.2 Å². The molecule has 33 heavy (non-hydrogen) atoms. The fourth-order valence-corrected chi connectivity index (χ4v) is 5.88. The van der Waals surface area contributed by atoms with Crippen molar-refractivity contribution in [3.05, 3.63) is 59.5 Å². The third kappa shape index (κ3) is 5.98. The summed E-state index contributed by atoms with van der Waals surface area (Å²) in [6.45, 7) is 3.03. The van der Waals surface area contributed by atoms with Crippen molar-refractivity contribution in [3.63, 3.8) is 0 Å². The van der Waals surface area contributed by atoms with Crippen molar-refractivity contribution in [2.45, 2.75) is 37.5 Å². The third-order valence-electron chi connectivity index (χ3n) is 5.49. The van der Waals surface area contributed by atoms with E-state index < -0.39 is 10.0 Å². The van der Waals surface area contributed by atoms with Gasteiger partial charge in [0.05, 0.1) is 10.6 Å². The van der Waals surface area contributed by atoms with Crippen molar-refractivity contribution >= 4 is 32.4 Å². The molecule has 1 fully saturated rings. The highest BCUT2D eigenvalue weighted by molar-refractivity contribution is 7.89. The van der Waals surface area contributed by atoms with E-state index in [-0.39, 0.29) is 12.5 Å². The summed E-state index contributed by atoms with van der Waals surface area (Å²) in [5, 5.41) is 5.03. The Morgan fingerprint density at radius 2 is 1.70 bits per heavy atom. The van der Waals surface area contributed by atoms with Crippen LogP contribution < -0.4 is 10.1 Å². The van der Waals surface area contributed by atoms with Crippen LogP contribution >= 0.6 is 11.3 Å². The van der Waals surface area contributed by atoms with Gasteiger partial charge in [-0.1, -0.05) is 42.7 Å². The smallest absolute Gasteiger partial charge is 0.264 e. The molecule has 9 heteroatoms.